The molecule has 0 fully saturated rings. The molecule has 2 aromatic rings. The maximum absolute atomic E-state index is 13.5. The SMILES string of the molecule is Cc1ccc(C(C)NC(=O)Cc2cc(C(=O)O)cs2)cc1F. The first kappa shape index (κ1) is 16.2. The third-order valence-electron chi connectivity index (χ3n) is 3.31. The highest BCUT2D eigenvalue weighted by atomic mass is 32.1. The number of carbonyl (C=O) groups is 2. The van der Waals surface area contributed by atoms with Gasteiger partial charge in [-0.3, -0.25) is 4.79 Å². The monoisotopic (exact) mass is 321 g/mol. The highest BCUT2D eigenvalue weighted by Crippen LogP contribution is 2.18. The largest absolute Gasteiger partial charge is 0.478 e. The van der Waals surface area contributed by atoms with Gasteiger partial charge in [0.1, 0.15) is 5.82 Å². The van der Waals surface area contributed by atoms with Crippen molar-refractivity contribution in [2.24, 2.45) is 0 Å². The molecule has 0 bridgehead atoms. The maximum atomic E-state index is 13.5. The molecule has 4 nitrogen and oxygen atoms in total. The van der Waals surface area contributed by atoms with Crippen LogP contribution in [0, 0.1) is 12.7 Å². The Bertz CT molecular complexity index is 711. The molecular formula is C16H16FNO3S. The normalized spacial score (nSPS) is 12.0. The van der Waals surface area contributed by atoms with Crippen LogP contribution < -0.4 is 5.32 Å². The minimum absolute atomic E-state index is 0.108. The summed E-state index contributed by atoms with van der Waals surface area (Å²) in [6.07, 6.45) is 0.108. The summed E-state index contributed by atoms with van der Waals surface area (Å²) >= 11 is 1.23. The van der Waals surface area contributed by atoms with Crippen LogP contribution in [0.4, 0.5) is 4.39 Å². The zero-order valence-electron chi connectivity index (χ0n) is 12.2. The predicted octanol–water partition coefficient (Wildman–Crippen LogP) is 3.31. The summed E-state index contributed by atoms with van der Waals surface area (Å²) < 4.78 is 13.5. The molecule has 116 valence electrons. The van der Waals surface area contributed by atoms with Gasteiger partial charge in [0.05, 0.1) is 18.0 Å². The topological polar surface area (TPSA) is 66.4 Å². The van der Waals surface area contributed by atoms with Crippen molar-refractivity contribution in [1.29, 1.82) is 0 Å². The van der Waals surface area contributed by atoms with Crippen molar-refractivity contribution in [1.82, 2.24) is 5.32 Å². The first-order valence-electron chi connectivity index (χ1n) is 6.73. The number of nitrogens with one attached hydrogen (secondary N) is 1. The lowest BCUT2D eigenvalue weighted by atomic mass is 10.1. The molecule has 2 rings (SSSR count). The molecule has 0 saturated heterocycles. The van der Waals surface area contributed by atoms with Crippen LogP contribution in [0.15, 0.2) is 29.6 Å². The fourth-order valence-electron chi connectivity index (χ4n) is 2.00. The van der Waals surface area contributed by atoms with Gasteiger partial charge in [0, 0.05) is 10.3 Å². The van der Waals surface area contributed by atoms with Gasteiger partial charge in [0.25, 0.3) is 0 Å². The number of thiophene rings is 1. The summed E-state index contributed by atoms with van der Waals surface area (Å²) in [5.74, 6) is -1.54. The van der Waals surface area contributed by atoms with Crippen molar-refractivity contribution in [3.63, 3.8) is 0 Å². The average Bonchev–Trinajstić information content (AvgIpc) is 2.90. The number of amides is 1. The van der Waals surface area contributed by atoms with E-state index in [9.17, 15) is 14.0 Å². The number of hydrogen-bond donors (Lipinski definition) is 2. The molecule has 1 heterocycles. The second-order valence-electron chi connectivity index (χ2n) is 5.08. The Hall–Kier alpha value is -2.21. The van der Waals surface area contributed by atoms with Gasteiger partial charge in [-0.25, -0.2) is 9.18 Å². The molecule has 2 N–H and O–H groups in total. The number of benzene rings is 1. The van der Waals surface area contributed by atoms with Crippen LogP contribution in [0.3, 0.4) is 0 Å². The second kappa shape index (κ2) is 6.70. The number of carbonyl (C=O) groups excluding carboxylic acids is 1. The van der Waals surface area contributed by atoms with Gasteiger partial charge < -0.3 is 10.4 Å². The zero-order chi connectivity index (χ0) is 16.3. The molecule has 22 heavy (non-hydrogen) atoms. The van der Waals surface area contributed by atoms with E-state index in [1.807, 2.05) is 0 Å². The number of hydrogen-bond acceptors (Lipinski definition) is 3. The summed E-state index contributed by atoms with van der Waals surface area (Å²) in [4.78, 5) is 23.5. The molecule has 1 unspecified atom stereocenters. The van der Waals surface area contributed by atoms with Crippen LogP contribution in [0.5, 0.6) is 0 Å². The quantitative estimate of drug-likeness (QED) is 0.888. The Balaban J connectivity index is 1.98. The standard InChI is InChI=1S/C16H16FNO3S/c1-9-3-4-11(6-14(9)17)10(2)18-15(19)7-13-5-12(8-22-13)16(20)21/h3-6,8,10H,7H2,1-2H3,(H,18,19)(H,20,21). The minimum atomic E-state index is -1.01. The molecule has 1 amide bonds. The highest BCUT2D eigenvalue weighted by molar-refractivity contribution is 7.10. The predicted molar refractivity (Wildman–Crippen MR) is 82.7 cm³/mol. The van der Waals surface area contributed by atoms with Crippen LogP contribution in [0.2, 0.25) is 0 Å². The Morgan fingerprint density at radius 1 is 1.36 bits per heavy atom. The smallest absolute Gasteiger partial charge is 0.336 e. The van der Waals surface area contributed by atoms with Crippen molar-refractivity contribution in [2.45, 2.75) is 26.3 Å². The van der Waals surface area contributed by atoms with E-state index in [2.05, 4.69) is 5.32 Å². The number of carboxylic acids is 1. The molecule has 0 spiro atoms. The van der Waals surface area contributed by atoms with Crippen LogP contribution >= 0.6 is 11.3 Å². The fraction of sp³-hybridized carbons (Fsp3) is 0.250. The minimum Gasteiger partial charge on any atom is -0.478 e. The molecule has 0 aliphatic rings. The summed E-state index contributed by atoms with van der Waals surface area (Å²) in [7, 11) is 0. The van der Waals surface area contributed by atoms with Gasteiger partial charge in [0.15, 0.2) is 0 Å². The van der Waals surface area contributed by atoms with E-state index >= 15 is 0 Å². The van der Waals surface area contributed by atoms with E-state index in [0.29, 0.717) is 16.0 Å². The lowest BCUT2D eigenvalue weighted by Crippen LogP contribution is -2.27. The highest BCUT2D eigenvalue weighted by Gasteiger charge is 2.13. The molecule has 1 aromatic heterocycles. The molecule has 0 aliphatic carbocycles. The number of aryl methyl sites for hydroxylation is 1. The summed E-state index contributed by atoms with van der Waals surface area (Å²) in [5, 5.41) is 13.1. The summed E-state index contributed by atoms with van der Waals surface area (Å²) in [6.45, 7) is 3.46. The van der Waals surface area contributed by atoms with Gasteiger partial charge in [0.2, 0.25) is 5.91 Å². The van der Waals surface area contributed by atoms with E-state index in [0.717, 1.165) is 0 Å². The molecule has 1 atom stereocenters. The van der Waals surface area contributed by atoms with Gasteiger partial charge in [-0.2, -0.15) is 0 Å². The molecule has 0 saturated carbocycles. The van der Waals surface area contributed by atoms with E-state index in [-0.39, 0.29) is 29.8 Å². The van der Waals surface area contributed by atoms with Gasteiger partial charge >= 0.3 is 5.97 Å². The molecule has 0 aliphatic heterocycles. The van der Waals surface area contributed by atoms with Gasteiger partial charge in [-0.05, 0) is 37.1 Å². The summed E-state index contributed by atoms with van der Waals surface area (Å²) in [6, 6.07) is 6.03. The molecule has 0 radical (unpaired) electrons. The van der Waals surface area contributed by atoms with Crippen LogP contribution in [0.1, 0.15) is 39.3 Å². The van der Waals surface area contributed by atoms with Crippen molar-refractivity contribution >= 4 is 23.2 Å². The lowest BCUT2D eigenvalue weighted by Gasteiger charge is -2.14. The first-order valence-corrected chi connectivity index (χ1v) is 7.61. The third kappa shape index (κ3) is 3.92. The second-order valence-corrected chi connectivity index (χ2v) is 6.08. The Morgan fingerprint density at radius 2 is 2.09 bits per heavy atom. The van der Waals surface area contributed by atoms with Crippen LogP contribution in [0.25, 0.3) is 0 Å². The number of rotatable bonds is 5. The van der Waals surface area contributed by atoms with Crippen LogP contribution in [-0.2, 0) is 11.2 Å². The zero-order valence-corrected chi connectivity index (χ0v) is 13.0. The van der Waals surface area contributed by atoms with Crippen molar-refractivity contribution in [3.8, 4) is 0 Å². The van der Waals surface area contributed by atoms with E-state index in [4.69, 9.17) is 5.11 Å². The number of halogens is 1. The van der Waals surface area contributed by atoms with Crippen molar-refractivity contribution in [3.05, 3.63) is 57.0 Å². The molecular weight excluding hydrogens is 305 g/mol. The van der Waals surface area contributed by atoms with Crippen LogP contribution in [-0.4, -0.2) is 17.0 Å². The van der Waals surface area contributed by atoms with Gasteiger partial charge in [-0.1, -0.05) is 12.1 Å². The molecule has 6 heteroatoms. The number of carboxylic acid groups (broad SMARTS) is 1. The maximum Gasteiger partial charge on any atom is 0.336 e. The Kier molecular flexibility index (Phi) is 4.92. The van der Waals surface area contributed by atoms with Crippen molar-refractivity contribution < 1.29 is 19.1 Å². The average molecular weight is 321 g/mol. The molecule has 1 aromatic carbocycles. The fourth-order valence-corrected chi connectivity index (χ4v) is 2.85. The Labute approximate surface area is 131 Å². The Morgan fingerprint density at radius 3 is 2.68 bits per heavy atom. The van der Waals surface area contributed by atoms with Crippen molar-refractivity contribution in [2.75, 3.05) is 0 Å². The van der Waals surface area contributed by atoms with E-state index in [1.54, 1.807) is 26.0 Å². The van der Waals surface area contributed by atoms with E-state index in [1.165, 1.54) is 28.8 Å². The number of aromatic carboxylic acids is 1. The van der Waals surface area contributed by atoms with Gasteiger partial charge in [-0.15, -0.1) is 11.3 Å². The first-order chi connectivity index (χ1) is 10.4. The summed E-state index contributed by atoms with van der Waals surface area (Å²) in [5.41, 5.74) is 1.43. The lowest BCUT2D eigenvalue weighted by molar-refractivity contribution is -0.121. The van der Waals surface area contributed by atoms with E-state index < -0.39 is 5.97 Å². The third-order valence-corrected chi connectivity index (χ3v) is 4.25.